The van der Waals surface area contributed by atoms with Crippen molar-refractivity contribution in [2.24, 2.45) is 17.3 Å². The Morgan fingerprint density at radius 2 is 1.73 bits per heavy atom. The van der Waals surface area contributed by atoms with Gasteiger partial charge in [-0.1, -0.05) is 13.0 Å². The number of ether oxygens (including phenoxy) is 3. The maximum absolute atomic E-state index is 11.8. The Labute approximate surface area is 177 Å². The van der Waals surface area contributed by atoms with Gasteiger partial charge in [0, 0.05) is 26.2 Å². The summed E-state index contributed by atoms with van der Waals surface area (Å²) in [6.07, 6.45) is 3.83. The molecule has 6 nitrogen and oxygen atoms in total. The molecule has 0 bridgehead atoms. The van der Waals surface area contributed by atoms with E-state index in [1.165, 1.54) is 31.9 Å². The lowest BCUT2D eigenvalue weighted by Crippen LogP contribution is -2.46. The lowest BCUT2D eigenvalue weighted by atomic mass is 9.55. The van der Waals surface area contributed by atoms with Gasteiger partial charge in [-0.2, -0.15) is 0 Å². The van der Waals surface area contributed by atoms with E-state index in [1.54, 1.807) is 0 Å². The Hall–Kier alpha value is -2.37. The predicted molar refractivity (Wildman–Crippen MR) is 109 cm³/mol. The molecule has 162 valence electrons. The van der Waals surface area contributed by atoms with Crippen LogP contribution in [0.5, 0.6) is 5.75 Å². The summed E-state index contributed by atoms with van der Waals surface area (Å²) >= 11 is 0. The monoisotopic (exact) mass is 414 g/mol. The van der Waals surface area contributed by atoms with Gasteiger partial charge < -0.3 is 14.2 Å². The first-order valence-corrected chi connectivity index (χ1v) is 10.8. The van der Waals surface area contributed by atoms with Crippen molar-refractivity contribution < 1.29 is 28.6 Å². The van der Waals surface area contributed by atoms with Crippen molar-refractivity contribution in [3.8, 4) is 5.75 Å². The topological polar surface area (TPSA) is 78.9 Å². The molecule has 1 aromatic carbocycles. The van der Waals surface area contributed by atoms with Crippen molar-refractivity contribution in [3.63, 3.8) is 0 Å². The van der Waals surface area contributed by atoms with E-state index >= 15 is 0 Å². The first kappa shape index (κ1) is 20.9. The summed E-state index contributed by atoms with van der Waals surface area (Å²) in [4.78, 5) is 34.8. The van der Waals surface area contributed by atoms with Crippen LogP contribution in [0.3, 0.4) is 0 Å². The summed E-state index contributed by atoms with van der Waals surface area (Å²) < 4.78 is 16.6. The fourth-order valence-electron chi connectivity index (χ4n) is 6.44. The number of hydrogen-bond donors (Lipinski definition) is 0. The molecule has 3 aliphatic rings. The lowest BCUT2D eigenvalue weighted by molar-refractivity contribution is -0.171. The van der Waals surface area contributed by atoms with Crippen molar-refractivity contribution in [1.29, 1.82) is 0 Å². The van der Waals surface area contributed by atoms with Gasteiger partial charge in [0.05, 0.1) is 0 Å². The molecule has 0 N–H and O–H groups in total. The third-order valence-corrected chi connectivity index (χ3v) is 7.48. The minimum Gasteiger partial charge on any atom is -0.459 e. The highest BCUT2D eigenvalue weighted by atomic mass is 16.6. The third kappa shape index (κ3) is 3.61. The van der Waals surface area contributed by atoms with Crippen LogP contribution in [-0.4, -0.2) is 30.1 Å². The Morgan fingerprint density at radius 3 is 2.40 bits per heavy atom. The molecule has 4 rings (SSSR count). The average Bonchev–Trinajstić information content (AvgIpc) is 2.92. The van der Waals surface area contributed by atoms with Crippen molar-refractivity contribution in [1.82, 2.24) is 0 Å². The summed E-state index contributed by atoms with van der Waals surface area (Å²) in [5.74, 6) is 0.839. The Morgan fingerprint density at radius 1 is 1.00 bits per heavy atom. The molecule has 3 aliphatic carbocycles. The molecule has 6 heteroatoms. The molecule has 0 spiro atoms. The molecular weight excluding hydrogens is 384 g/mol. The van der Waals surface area contributed by atoms with Crippen LogP contribution in [0.25, 0.3) is 0 Å². The predicted octanol–water partition coefficient (Wildman–Crippen LogP) is 3.94. The van der Waals surface area contributed by atoms with Crippen LogP contribution < -0.4 is 4.74 Å². The summed E-state index contributed by atoms with van der Waals surface area (Å²) in [6, 6.07) is 5.99. The zero-order valence-electron chi connectivity index (χ0n) is 18.1. The smallest absolute Gasteiger partial charge is 0.308 e. The van der Waals surface area contributed by atoms with Gasteiger partial charge in [0.15, 0.2) is 0 Å². The van der Waals surface area contributed by atoms with Gasteiger partial charge in [0.1, 0.15) is 18.0 Å². The van der Waals surface area contributed by atoms with Gasteiger partial charge in [0.2, 0.25) is 0 Å². The summed E-state index contributed by atoms with van der Waals surface area (Å²) in [7, 11) is 0. The van der Waals surface area contributed by atoms with E-state index < -0.39 is 6.10 Å². The molecule has 1 aromatic rings. The molecule has 0 aliphatic heterocycles. The molecule has 2 fully saturated rings. The average molecular weight is 414 g/mol. The SMILES string of the molecule is CC(=O)Oc1ccc2c(c1)CCC1C2CC[C@@]2(C)C1CC(OC(C)=O)[C@@H]2OC(C)=O. The number of fused-ring (bicyclic) bond motifs is 5. The number of benzene rings is 1. The molecule has 0 saturated heterocycles. The normalized spacial score (nSPS) is 34.2. The van der Waals surface area contributed by atoms with Crippen LogP contribution >= 0.6 is 0 Å². The zero-order chi connectivity index (χ0) is 21.6. The van der Waals surface area contributed by atoms with Gasteiger partial charge in [-0.3, -0.25) is 14.4 Å². The van der Waals surface area contributed by atoms with Crippen molar-refractivity contribution in [3.05, 3.63) is 29.3 Å². The fraction of sp³-hybridized carbons (Fsp3) is 0.625. The summed E-state index contributed by atoms with van der Waals surface area (Å²) in [5.41, 5.74) is 2.40. The number of carbonyl (C=O) groups is 3. The van der Waals surface area contributed by atoms with E-state index in [1.807, 2.05) is 12.1 Å². The fourth-order valence-corrected chi connectivity index (χ4v) is 6.44. The van der Waals surface area contributed by atoms with E-state index in [2.05, 4.69) is 13.0 Å². The van der Waals surface area contributed by atoms with Gasteiger partial charge in [-0.15, -0.1) is 0 Å². The van der Waals surface area contributed by atoms with Crippen LogP contribution in [-0.2, 0) is 30.3 Å². The highest BCUT2D eigenvalue weighted by Gasteiger charge is 2.61. The first-order chi connectivity index (χ1) is 14.2. The van der Waals surface area contributed by atoms with Crippen LogP contribution in [0.4, 0.5) is 0 Å². The minimum atomic E-state index is -0.391. The molecule has 0 heterocycles. The van der Waals surface area contributed by atoms with Crippen LogP contribution in [0.1, 0.15) is 70.4 Å². The van der Waals surface area contributed by atoms with Crippen LogP contribution in [0, 0.1) is 17.3 Å². The van der Waals surface area contributed by atoms with E-state index in [9.17, 15) is 14.4 Å². The largest absolute Gasteiger partial charge is 0.459 e. The number of aryl methyl sites for hydroxylation is 1. The molecule has 2 saturated carbocycles. The number of carbonyl (C=O) groups excluding carboxylic acids is 3. The third-order valence-electron chi connectivity index (χ3n) is 7.48. The van der Waals surface area contributed by atoms with E-state index in [0.717, 1.165) is 32.1 Å². The number of esters is 3. The molecule has 4 unspecified atom stereocenters. The quantitative estimate of drug-likeness (QED) is 0.551. The molecular formula is C24H30O6. The number of hydrogen-bond acceptors (Lipinski definition) is 6. The Balaban J connectivity index is 1.62. The van der Waals surface area contributed by atoms with Crippen molar-refractivity contribution in [2.75, 3.05) is 0 Å². The van der Waals surface area contributed by atoms with E-state index in [4.69, 9.17) is 14.2 Å². The minimum absolute atomic E-state index is 0.192. The maximum atomic E-state index is 11.8. The van der Waals surface area contributed by atoms with E-state index in [-0.39, 0.29) is 29.4 Å². The van der Waals surface area contributed by atoms with Gasteiger partial charge in [0.25, 0.3) is 0 Å². The van der Waals surface area contributed by atoms with Gasteiger partial charge >= 0.3 is 17.9 Å². The standard InChI is InChI=1S/C24H30O6/c1-13(25)28-17-6-8-18-16(11-17)5-7-20-19(18)9-10-24(4)21(20)12-22(29-14(2)26)23(24)30-15(3)27/h6,8,11,19-23H,5,7,9-10,12H2,1-4H3/t19?,20?,21?,22?,23-,24-/m0/s1. The molecule has 0 amide bonds. The van der Waals surface area contributed by atoms with Crippen LogP contribution in [0.15, 0.2) is 18.2 Å². The maximum Gasteiger partial charge on any atom is 0.308 e. The van der Waals surface area contributed by atoms with Gasteiger partial charge in [-0.25, -0.2) is 0 Å². The highest BCUT2D eigenvalue weighted by molar-refractivity contribution is 5.69. The second-order valence-corrected chi connectivity index (χ2v) is 9.33. The zero-order valence-corrected chi connectivity index (χ0v) is 18.1. The highest BCUT2D eigenvalue weighted by Crippen LogP contribution is 2.62. The molecule has 0 radical (unpaired) electrons. The number of rotatable bonds is 3. The first-order valence-electron chi connectivity index (χ1n) is 10.8. The Kier molecular flexibility index (Phi) is 5.37. The van der Waals surface area contributed by atoms with Crippen molar-refractivity contribution in [2.45, 2.75) is 77.9 Å². The second-order valence-electron chi connectivity index (χ2n) is 9.33. The lowest BCUT2D eigenvalue weighted by Gasteiger charge is -2.50. The summed E-state index contributed by atoms with van der Waals surface area (Å²) in [6.45, 7) is 6.45. The van der Waals surface area contributed by atoms with Crippen LogP contribution in [0.2, 0.25) is 0 Å². The van der Waals surface area contributed by atoms with Gasteiger partial charge in [-0.05, 0) is 73.1 Å². The molecule has 30 heavy (non-hydrogen) atoms. The summed E-state index contributed by atoms with van der Waals surface area (Å²) in [5, 5.41) is 0. The van der Waals surface area contributed by atoms with E-state index in [0.29, 0.717) is 23.5 Å². The molecule has 6 atom stereocenters. The second kappa shape index (κ2) is 7.71. The molecule has 0 aromatic heterocycles. The Bertz CT molecular complexity index is 876. The van der Waals surface area contributed by atoms with Crippen molar-refractivity contribution >= 4 is 17.9 Å².